The molecule has 0 saturated heterocycles. The molecule has 0 aliphatic heterocycles. The van der Waals surface area contributed by atoms with Gasteiger partial charge < -0.3 is 10.1 Å². The van der Waals surface area contributed by atoms with Crippen molar-refractivity contribution < 1.29 is 9.53 Å². The zero-order valence-electron chi connectivity index (χ0n) is 8.55. The molecule has 0 heterocycles. The molecule has 0 aliphatic carbocycles. The fourth-order valence-electron chi connectivity index (χ4n) is 0.675. The highest BCUT2D eigenvalue weighted by Gasteiger charge is 2.18. The number of alkyl carbamates (subject to hydrolysis) is 1. The third-order valence-electron chi connectivity index (χ3n) is 1.26. The van der Waals surface area contributed by atoms with Crippen LogP contribution < -0.4 is 5.32 Å². The number of nitriles is 1. The standard InChI is InChI=1S/C9H16N2O2/c1-5-7(6-10)11-8(12)13-9(2,3)4/h7H,5H2,1-4H3,(H,11,12)/t7-/m0/s1. The Labute approximate surface area is 78.9 Å². The van der Waals surface area contributed by atoms with E-state index >= 15 is 0 Å². The molecule has 0 rings (SSSR count). The second kappa shape index (κ2) is 4.70. The molecule has 1 amide bonds. The van der Waals surface area contributed by atoms with Crippen LogP contribution in [0.15, 0.2) is 0 Å². The van der Waals surface area contributed by atoms with Crippen LogP contribution in [0.2, 0.25) is 0 Å². The van der Waals surface area contributed by atoms with Crippen LogP contribution in [0.25, 0.3) is 0 Å². The second-order valence-corrected chi connectivity index (χ2v) is 3.74. The van der Waals surface area contributed by atoms with Crippen molar-refractivity contribution in [3.8, 4) is 6.07 Å². The van der Waals surface area contributed by atoms with Crippen molar-refractivity contribution in [1.82, 2.24) is 5.32 Å². The maximum atomic E-state index is 11.1. The normalized spacial score (nSPS) is 12.8. The van der Waals surface area contributed by atoms with Crippen molar-refractivity contribution in [3.63, 3.8) is 0 Å². The summed E-state index contributed by atoms with van der Waals surface area (Å²) in [6.07, 6.45) is 0.0383. The summed E-state index contributed by atoms with van der Waals surface area (Å²) in [5, 5.41) is 11.0. The Morgan fingerprint density at radius 2 is 2.15 bits per heavy atom. The Morgan fingerprint density at radius 3 is 2.46 bits per heavy atom. The van der Waals surface area contributed by atoms with E-state index in [1.807, 2.05) is 13.0 Å². The third kappa shape index (κ3) is 5.97. The zero-order valence-corrected chi connectivity index (χ0v) is 8.55. The highest BCUT2D eigenvalue weighted by atomic mass is 16.6. The summed E-state index contributed by atoms with van der Waals surface area (Å²) in [4.78, 5) is 11.1. The van der Waals surface area contributed by atoms with Crippen LogP contribution in [-0.2, 0) is 4.74 Å². The zero-order chi connectivity index (χ0) is 10.5. The Kier molecular flexibility index (Phi) is 4.26. The smallest absolute Gasteiger partial charge is 0.408 e. The molecule has 0 spiro atoms. The van der Waals surface area contributed by atoms with Crippen LogP contribution in [0, 0.1) is 11.3 Å². The molecule has 0 aromatic rings. The molecule has 13 heavy (non-hydrogen) atoms. The molecule has 0 aromatic carbocycles. The van der Waals surface area contributed by atoms with Gasteiger partial charge in [0, 0.05) is 0 Å². The first-order valence-corrected chi connectivity index (χ1v) is 4.28. The van der Waals surface area contributed by atoms with Gasteiger partial charge in [0.05, 0.1) is 6.07 Å². The summed E-state index contributed by atoms with van der Waals surface area (Å²) < 4.78 is 4.97. The lowest BCUT2D eigenvalue weighted by atomic mass is 10.2. The number of hydrogen-bond acceptors (Lipinski definition) is 3. The van der Waals surface area contributed by atoms with Gasteiger partial charge in [-0.15, -0.1) is 0 Å². The first-order chi connectivity index (χ1) is 5.89. The number of ether oxygens (including phenoxy) is 1. The topological polar surface area (TPSA) is 62.1 Å². The number of nitrogens with one attached hydrogen (secondary N) is 1. The van der Waals surface area contributed by atoms with Gasteiger partial charge in [0.25, 0.3) is 0 Å². The highest BCUT2D eigenvalue weighted by Crippen LogP contribution is 2.06. The van der Waals surface area contributed by atoms with Crippen LogP contribution in [0.5, 0.6) is 0 Å². The Morgan fingerprint density at radius 1 is 1.62 bits per heavy atom. The fourth-order valence-corrected chi connectivity index (χ4v) is 0.675. The van der Waals surface area contributed by atoms with E-state index in [0.717, 1.165) is 0 Å². The predicted molar refractivity (Wildman–Crippen MR) is 49.1 cm³/mol. The first-order valence-electron chi connectivity index (χ1n) is 4.28. The maximum absolute atomic E-state index is 11.1. The van der Waals surface area contributed by atoms with E-state index < -0.39 is 17.7 Å². The van der Waals surface area contributed by atoms with Crippen LogP contribution in [0.4, 0.5) is 4.79 Å². The van der Waals surface area contributed by atoms with Crippen molar-refractivity contribution in [2.24, 2.45) is 0 Å². The summed E-state index contributed by atoms with van der Waals surface area (Å²) in [5.74, 6) is 0. The number of carbonyl (C=O) groups is 1. The number of amides is 1. The van der Waals surface area contributed by atoms with Crippen LogP contribution in [0.1, 0.15) is 34.1 Å². The maximum Gasteiger partial charge on any atom is 0.408 e. The van der Waals surface area contributed by atoms with Gasteiger partial charge >= 0.3 is 6.09 Å². The van der Waals surface area contributed by atoms with E-state index in [2.05, 4.69) is 5.32 Å². The fraction of sp³-hybridized carbons (Fsp3) is 0.778. The van der Waals surface area contributed by atoms with Gasteiger partial charge in [0.1, 0.15) is 11.6 Å². The monoisotopic (exact) mass is 184 g/mol. The Balaban J connectivity index is 3.96. The van der Waals surface area contributed by atoms with Crippen molar-refractivity contribution in [2.45, 2.75) is 45.8 Å². The van der Waals surface area contributed by atoms with E-state index in [1.165, 1.54) is 0 Å². The highest BCUT2D eigenvalue weighted by molar-refractivity contribution is 5.68. The second-order valence-electron chi connectivity index (χ2n) is 3.74. The Hall–Kier alpha value is -1.24. The van der Waals surface area contributed by atoms with E-state index in [9.17, 15) is 4.79 Å². The number of nitrogens with zero attached hydrogens (tertiary/aromatic N) is 1. The molecule has 0 bridgehead atoms. The molecular weight excluding hydrogens is 168 g/mol. The molecule has 0 radical (unpaired) electrons. The SMILES string of the molecule is CC[C@@H](C#N)NC(=O)OC(C)(C)C. The van der Waals surface area contributed by atoms with Gasteiger partial charge in [-0.05, 0) is 27.2 Å². The largest absolute Gasteiger partial charge is 0.444 e. The van der Waals surface area contributed by atoms with Crippen molar-refractivity contribution in [3.05, 3.63) is 0 Å². The van der Waals surface area contributed by atoms with Crippen LogP contribution in [-0.4, -0.2) is 17.7 Å². The number of carbonyl (C=O) groups excluding carboxylic acids is 1. The van der Waals surface area contributed by atoms with Gasteiger partial charge in [0.2, 0.25) is 0 Å². The number of hydrogen-bond donors (Lipinski definition) is 1. The summed E-state index contributed by atoms with van der Waals surface area (Å²) in [6.45, 7) is 7.16. The van der Waals surface area contributed by atoms with Crippen molar-refractivity contribution in [2.75, 3.05) is 0 Å². The molecule has 1 atom stereocenters. The number of rotatable bonds is 2. The molecule has 4 nitrogen and oxygen atoms in total. The van der Waals surface area contributed by atoms with Gasteiger partial charge in [-0.25, -0.2) is 4.79 Å². The lowest BCUT2D eigenvalue weighted by Gasteiger charge is -2.20. The third-order valence-corrected chi connectivity index (χ3v) is 1.26. The molecule has 0 saturated carbocycles. The molecule has 0 unspecified atom stereocenters. The molecule has 4 heteroatoms. The van der Waals surface area contributed by atoms with E-state index in [0.29, 0.717) is 6.42 Å². The molecule has 1 N–H and O–H groups in total. The summed E-state index contributed by atoms with van der Waals surface area (Å²) in [5.41, 5.74) is -0.516. The van der Waals surface area contributed by atoms with E-state index in [1.54, 1.807) is 20.8 Å². The molecule has 0 aliphatic rings. The average Bonchev–Trinajstić information content (AvgIpc) is 1.96. The minimum atomic E-state index is -0.541. The van der Waals surface area contributed by atoms with Gasteiger partial charge in [0.15, 0.2) is 0 Å². The van der Waals surface area contributed by atoms with Gasteiger partial charge in [-0.3, -0.25) is 0 Å². The van der Waals surface area contributed by atoms with Gasteiger partial charge in [-0.2, -0.15) is 5.26 Å². The Bertz CT molecular complexity index is 213. The first kappa shape index (κ1) is 11.8. The summed E-state index contributed by atoms with van der Waals surface area (Å²) in [6, 6.07) is 1.49. The lowest BCUT2D eigenvalue weighted by Crippen LogP contribution is -2.38. The lowest BCUT2D eigenvalue weighted by molar-refractivity contribution is 0.0515. The molecule has 74 valence electrons. The van der Waals surface area contributed by atoms with Gasteiger partial charge in [-0.1, -0.05) is 6.92 Å². The minimum Gasteiger partial charge on any atom is -0.444 e. The molecular formula is C9H16N2O2. The van der Waals surface area contributed by atoms with Crippen LogP contribution >= 0.6 is 0 Å². The minimum absolute atomic E-state index is 0.463. The van der Waals surface area contributed by atoms with Crippen molar-refractivity contribution >= 4 is 6.09 Å². The van der Waals surface area contributed by atoms with E-state index in [4.69, 9.17) is 10.00 Å². The summed E-state index contributed by atoms with van der Waals surface area (Å²) >= 11 is 0. The summed E-state index contributed by atoms with van der Waals surface area (Å²) in [7, 11) is 0. The molecule has 0 aromatic heterocycles. The molecule has 0 fully saturated rings. The predicted octanol–water partition coefficient (Wildman–Crippen LogP) is 1.81. The van der Waals surface area contributed by atoms with E-state index in [-0.39, 0.29) is 0 Å². The van der Waals surface area contributed by atoms with Crippen molar-refractivity contribution in [1.29, 1.82) is 5.26 Å². The van der Waals surface area contributed by atoms with Crippen LogP contribution in [0.3, 0.4) is 0 Å². The average molecular weight is 184 g/mol. The quantitative estimate of drug-likeness (QED) is 0.712.